The zero-order chi connectivity index (χ0) is 49.5. The van der Waals surface area contributed by atoms with Gasteiger partial charge in [0.25, 0.3) is 0 Å². The van der Waals surface area contributed by atoms with Crippen molar-refractivity contribution in [3.05, 3.63) is 0 Å². The number of carbonyl (C=O) groups excluding carboxylic acids is 1. The van der Waals surface area contributed by atoms with Gasteiger partial charge in [0.2, 0.25) is 0 Å². The summed E-state index contributed by atoms with van der Waals surface area (Å²) in [5, 5.41) is 0. The van der Waals surface area contributed by atoms with E-state index in [1.54, 1.807) is 0 Å². The van der Waals surface area contributed by atoms with Crippen LogP contribution in [-0.4, -0.2) is 12.6 Å². The van der Waals surface area contributed by atoms with E-state index in [0.717, 1.165) is 12.8 Å². The van der Waals surface area contributed by atoms with Gasteiger partial charge in [0.1, 0.15) is 0 Å². The van der Waals surface area contributed by atoms with Crippen molar-refractivity contribution in [2.75, 3.05) is 6.61 Å². The van der Waals surface area contributed by atoms with Crippen molar-refractivity contribution in [2.45, 2.75) is 418 Å². The first-order valence-corrected chi connectivity index (χ1v) is 33.5. The summed E-state index contributed by atoms with van der Waals surface area (Å²) in [5.74, 6) is 0.0379. The lowest BCUT2D eigenvalue weighted by Gasteiger charge is -2.06. The fourth-order valence-corrected chi connectivity index (χ4v) is 11.0. The van der Waals surface area contributed by atoms with Gasteiger partial charge in [-0.25, -0.2) is 0 Å². The summed E-state index contributed by atoms with van der Waals surface area (Å²) >= 11 is 0. The van der Waals surface area contributed by atoms with Gasteiger partial charge < -0.3 is 4.74 Å². The molecule has 0 aliphatic carbocycles. The Morgan fingerprint density at radius 2 is 0.319 bits per heavy atom. The second-order valence-electron chi connectivity index (χ2n) is 23.2. The maximum atomic E-state index is 12.1. The van der Waals surface area contributed by atoms with E-state index in [-0.39, 0.29) is 5.97 Å². The van der Waals surface area contributed by atoms with E-state index in [1.165, 1.54) is 385 Å². The predicted octanol–water partition coefficient (Wildman–Crippen LogP) is 25.1. The second-order valence-corrected chi connectivity index (χ2v) is 23.2. The Morgan fingerprint density at radius 3 is 0.478 bits per heavy atom. The van der Waals surface area contributed by atoms with Crippen LogP contribution in [0.4, 0.5) is 0 Å². The molecule has 0 heterocycles. The third kappa shape index (κ3) is 65.5. The summed E-state index contributed by atoms with van der Waals surface area (Å²) in [5.41, 5.74) is 0. The van der Waals surface area contributed by atoms with Crippen molar-refractivity contribution in [3.63, 3.8) is 0 Å². The van der Waals surface area contributed by atoms with Crippen molar-refractivity contribution in [2.24, 2.45) is 0 Å². The van der Waals surface area contributed by atoms with Crippen molar-refractivity contribution in [1.29, 1.82) is 0 Å². The minimum Gasteiger partial charge on any atom is -0.466 e. The normalized spacial score (nSPS) is 11.6. The fraction of sp³-hybridized carbons (Fsp3) is 0.985. The van der Waals surface area contributed by atoms with Crippen LogP contribution >= 0.6 is 0 Å². The summed E-state index contributed by atoms with van der Waals surface area (Å²) in [7, 11) is 0. The molecule has 0 aromatic heterocycles. The molecule has 0 saturated carbocycles. The molecule has 0 saturated heterocycles. The Morgan fingerprint density at radius 1 is 0.188 bits per heavy atom. The fourth-order valence-electron chi connectivity index (χ4n) is 11.0. The van der Waals surface area contributed by atoms with Gasteiger partial charge in [-0.2, -0.15) is 0 Å². The van der Waals surface area contributed by atoms with Gasteiger partial charge in [0.05, 0.1) is 6.61 Å². The van der Waals surface area contributed by atoms with Gasteiger partial charge in [-0.3, -0.25) is 4.79 Å². The van der Waals surface area contributed by atoms with Crippen LogP contribution in [-0.2, 0) is 9.53 Å². The van der Waals surface area contributed by atoms with E-state index in [0.29, 0.717) is 13.0 Å². The van der Waals surface area contributed by atoms with Gasteiger partial charge in [0, 0.05) is 6.42 Å². The molecule has 0 aliphatic rings. The summed E-state index contributed by atoms with van der Waals surface area (Å²) in [6.07, 6.45) is 89.2. The summed E-state index contributed by atoms with van der Waals surface area (Å²) in [4.78, 5) is 12.1. The van der Waals surface area contributed by atoms with Crippen molar-refractivity contribution in [1.82, 2.24) is 0 Å². The largest absolute Gasteiger partial charge is 0.466 e. The third-order valence-corrected chi connectivity index (χ3v) is 16.0. The average molecular weight is 972 g/mol. The minimum absolute atomic E-state index is 0.0379. The van der Waals surface area contributed by atoms with E-state index in [1.807, 2.05) is 0 Å². The number of rotatable bonds is 64. The van der Waals surface area contributed by atoms with Crippen molar-refractivity contribution >= 4 is 5.97 Å². The molecular weight excluding hydrogens is 837 g/mol. The molecule has 0 atom stereocenters. The maximum Gasteiger partial charge on any atom is 0.305 e. The predicted molar refractivity (Wildman–Crippen MR) is 313 cm³/mol. The lowest BCUT2D eigenvalue weighted by molar-refractivity contribution is -0.143. The maximum absolute atomic E-state index is 12.1. The highest BCUT2D eigenvalue weighted by Gasteiger charge is 2.04. The molecule has 2 heteroatoms. The smallest absolute Gasteiger partial charge is 0.305 e. The highest BCUT2D eigenvalue weighted by atomic mass is 16.5. The second kappa shape index (κ2) is 65.5. The standard InChI is InChI=1S/C67H134O2/c1-3-5-7-9-11-13-15-17-19-21-23-25-27-29-31-33-34-35-36-37-38-39-41-43-45-47-49-51-53-55-57-59-61-63-65-67(68)69-66-64-62-60-58-56-54-52-50-48-46-44-42-40-32-30-28-26-24-22-20-18-16-14-12-10-8-6-4-2/h3-66H2,1-2H3. The molecule has 0 radical (unpaired) electrons. The van der Waals surface area contributed by atoms with Crippen LogP contribution in [0.2, 0.25) is 0 Å². The first-order valence-electron chi connectivity index (χ1n) is 33.5. The van der Waals surface area contributed by atoms with Crippen molar-refractivity contribution in [3.8, 4) is 0 Å². The van der Waals surface area contributed by atoms with Gasteiger partial charge in [-0.1, -0.05) is 399 Å². The van der Waals surface area contributed by atoms with E-state index in [9.17, 15) is 4.79 Å². The van der Waals surface area contributed by atoms with Crippen LogP contribution in [0.15, 0.2) is 0 Å². The van der Waals surface area contributed by atoms with Gasteiger partial charge >= 0.3 is 5.97 Å². The number of carbonyl (C=O) groups is 1. The molecule has 0 N–H and O–H groups in total. The number of unbranched alkanes of at least 4 members (excludes halogenated alkanes) is 60. The van der Waals surface area contributed by atoms with Crippen LogP contribution in [0.25, 0.3) is 0 Å². The summed E-state index contributed by atoms with van der Waals surface area (Å²) in [6, 6.07) is 0. The van der Waals surface area contributed by atoms with Crippen LogP contribution < -0.4 is 0 Å². The molecule has 0 aromatic carbocycles. The molecule has 414 valence electrons. The first kappa shape index (κ1) is 68.5. The monoisotopic (exact) mass is 971 g/mol. The molecule has 0 fully saturated rings. The Bertz CT molecular complexity index is 882. The molecule has 0 amide bonds. The number of ether oxygens (including phenoxy) is 1. The highest BCUT2D eigenvalue weighted by molar-refractivity contribution is 5.69. The van der Waals surface area contributed by atoms with Gasteiger partial charge in [0.15, 0.2) is 0 Å². The number of hydrogen-bond acceptors (Lipinski definition) is 2. The lowest BCUT2D eigenvalue weighted by Crippen LogP contribution is -2.05. The molecule has 0 aromatic rings. The Labute approximate surface area is 438 Å². The SMILES string of the molecule is CCCCCCCCCCCCCCCCCCCCCCCCCCCCCCCCCCCCC(=O)OCCCCCCCCCCCCCCCCCCCCCCCCCCCCCC. The molecule has 0 unspecified atom stereocenters. The van der Waals surface area contributed by atoms with Crippen LogP contribution in [0, 0.1) is 0 Å². The minimum atomic E-state index is 0.0379. The van der Waals surface area contributed by atoms with Crippen molar-refractivity contribution < 1.29 is 9.53 Å². The van der Waals surface area contributed by atoms with Crippen LogP contribution in [0.5, 0.6) is 0 Å². The Balaban J connectivity index is 3.14. The molecule has 0 rings (SSSR count). The highest BCUT2D eigenvalue weighted by Crippen LogP contribution is 2.20. The molecule has 2 nitrogen and oxygen atoms in total. The zero-order valence-corrected chi connectivity index (χ0v) is 48.6. The molecule has 69 heavy (non-hydrogen) atoms. The zero-order valence-electron chi connectivity index (χ0n) is 48.6. The molecule has 0 bridgehead atoms. The number of hydrogen-bond donors (Lipinski definition) is 0. The summed E-state index contributed by atoms with van der Waals surface area (Å²) in [6.45, 7) is 5.26. The van der Waals surface area contributed by atoms with E-state index in [2.05, 4.69) is 13.8 Å². The van der Waals surface area contributed by atoms with E-state index < -0.39 is 0 Å². The molecular formula is C67H134O2. The quantitative estimate of drug-likeness (QED) is 0.0448. The van der Waals surface area contributed by atoms with E-state index in [4.69, 9.17) is 4.74 Å². The third-order valence-electron chi connectivity index (χ3n) is 16.0. The van der Waals surface area contributed by atoms with E-state index >= 15 is 0 Å². The van der Waals surface area contributed by atoms with Crippen LogP contribution in [0.3, 0.4) is 0 Å². The van der Waals surface area contributed by atoms with Gasteiger partial charge in [-0.05, 0) is 12.8 Å². The lowest BCUT2D eigenvalue weighted by atomic mass is 10.0. The molecule has 0 aliphatic heterocycles. The summed E-state index contributed by atoms with van der Waals surface area (Å²) < 4.78 is 5.53. The molecule has 0 spiro atoms. The number of esters is 1. The Kier molecular flexibility index (Phi) is 65.0. The Hall–Kier alpha value is -0.530. The topological polar surface area (TPSA) is 26.3 Å². The van der Waals surface area contributed by atoms with Gasteiger partial charge in [-0.15, -0.1) is 0 Å². The average Bonchev–Trinajstić information content (AvgIpc) is 3.36. The first-order chi connectivity index (χ1) is 34.3. The van der Waals surface area contributed by atoms with Crippen LogP contribution in [0.1, 0.15) is 418 Å².